The topological polar surface area (TPSA) is 40.1 Å². The van der Waals surface area contributed by atoms with E-state index in [1.54, 1.807) is 6.08 Å². The summed E-state index contributed by atoms with van der Waals surface area (Å²) >= 11 is 0. The number of carbonyl (C=O) groups is 1. The molecule has 1 aliphatic carbocycles. The summed E-state index contributed by atoms with van der Waals surface area (Å²) in [5.74, 6) is -0.952. The van der Waals surface area contributed by atoms with Gasteiger partial charge >= 0.3 is 0 Å². The molecule has 0 bridgehead atoms. The van der Waals surface area contributed by atoms with Crippen LogP contribution in [-0.4, -0.2) is 5.97 Å². The van der Waals surface area contributed by atoms with E-state index >= 15 is 0 Å². The second-order valence-electron chi connectivity index (χ2n) is 3.21. The molecule has 1 aliphatic rings. The zero-order valence-electron chi connectivity index (χ0n) is 6.64. The molecule has 1 fully saturated rings. The van der Waals surface area contributed by atoms with E-state index in [2.05, 4.69) is 6.58 Å². The van der Waals surface area contributed by atoms with E-state index in [0.29, 0.717) is 12.8 Å². The number of carboxylic acids is 1. The van der Waals surface area contributed by atoms with E-state index in [1.165, 1.54) is 0 Å². The van der Waals surface area contributed by atoms with Crippen LogP contribution < -0.4 is 5.11 Å². The number of carbonyl (C=O) groups excluding carboxylic acids is 1. The predicted octanol–water partition coefficient (Wildman–Crippen LogP) is 0.873. The summed E-state index contributed by atoms with van der Waals surface area (Å²) in [6.45, 7) is 3.56. The van der Waals surface area contributed by atoms with Gasteiger partial charge in [0.15, 0.2) is 0 Å². The molecule has 0 unspecified atom stereocenters. The van der Waals surface area contributed by atoms with Gasteiger partial charge in [0.2, 0.25) is 0 Å². The predicted molar refractivity (Wildman–Crippen MR) is 40.7 cm³/mol. The van der Waals surface area contributed by atoms with Crippen molar-refractivity contribution in [2.45, 2.75) is 32.1 Å². The SMILES string of the molecule is C=CC1(C(=O)[O-])CCCCC1. The molecule has 0 aromatic carbocycles. The van der Waals surface area contributed by atoms with Gasteiger partial charge in [-0.1, -0.05) is 25.3 Å². The van der Waals surface area contributed by atoms with Crippen LogP contribution in [0.25, 0.3) is 0 Å². The molecule has 11 heavy (non-hydrogen) atoms. The fourth-order valence-electron chi connectivity index (χ4n) is 1.67. The maximum atomic E-state index is 10.7. The summed E-state index contributed by atoms with van der Waals surface area (Å²) in [4.78, 5) is 10.7. The summed E-state index contributed by atoms with van der Waals surface area (Å²) in [7, 11) is 0. The fraction of sp³-hybridized carbons (Fsp3) is 0.667. The highest BCUT2D eigenvalue weighted by Gasteiger charge is 2.29. The summed E-state index contributed by atoms with van der Waals surface area (Å²) in [5.41, 5.74) is -0.710. The van der Waals surface area contributed by atoms with Crippen LogP contribution in [0.3, 0.4) is 0 Å². The van der Waals surface area contributed by atoms with Gasteiger partial charge in [-0.05, 0) is 12.8 Å². The van der Waals surface area contributed by atoms with Crippen LogP contribution in [-0.2, 0) is 4.79 Å². The van der Waals surface area contributed by atoms with Crippen molar-refractivity contribution in [1.82, 2.24) is 0 Å². The monoisotopic (exact) mass is 153 g/mol. The average molecular weight is 153 g/mol. The van der Waals surface area contributed by atoms with Crippen LogP contribution in [0.4, 0.5) is 0 Å². The minimum atomic E-state index is -0.952. The molecule has 2 heteroatoms. The third-order valence-electron chi connectivity index (χ3n) is 2.54. The third-order valence-corrected chi connectivity index (χ3v) is 2.54. The number of hydrogen-bond acceptors (Lipinski definition) is 2. The van der Waals surface area contributed by atoms with Crippen LogP contribution in [0.5, 0.6) is 0 Å². The Bertz CT molecular complexity index is 166. The van der Waals surface area contributed by atoms with Gasteiger partial charge in [-0.25, -0.2) is 0 Å². The minimum Gasteiger partial charge on any atom is -0.549 e. The Morgan fingerprint density at radius 2 is 1.91 bits per heavy atom. The molecule has 1 saturated carbocycles. The third kappa shape index (κ3) is 1.44. The molecule has 2 nitrogen and oxygen atoms in total. The van der Waals surface area contributed by atoms with Crippen LogP contribution in [0.2, 0.25) is 0 Å². The lowest BCUT2D eigenvalue weighted by Gasteiger charge is -2.35. The Morgan fingerprint density at radius 3 is 2.18 bits per heavy atom. The molecule has 0 saturated heterocycles. The molecule has 0 amide bonds. The van der Waals surface area contributed by atoms with Gasteiger partial charge in [-0.3, -0.25) is 0 Å². The van der Waals surface area contributed by atoms with Gasteiger partial charge in [-0.15, -0.1) is 6.58 Å². The first-order valence-electron chi connectivity index (χ1n) is 4.06. The molecule has 0 aromatic rings. The van der Waals surface area contributed by atoms with Crippen molar-refractivity contribution in [3.8, 4) is 0 Å². The highest BCUT2D eigenvalue weighted by atomic mass is 16.4. The molecule has 0 spiro atoms. The average Bonchev–Trinajstić information content (AvgIpc) is 2.05. The lowest BCUT2D eigenvalue weighted by atomic mass is 9.74. The van der Waals surface area contributed by atoms with E-state index < -0.39 is 11.4 Å². The molecule has 0 aromatic heterocycles. The summed E-state index contributed by atoms with van der Waals surface area (Å²) < 4.78 is 0. The van der Waals surface area contributed by atoms with Crippen molar-refractivity contribution in [3.63, 3.8) is 0 Å². The Balaban J connectivity index is 2.72. The first-order valence-corrected chi connectivity index (χ1v) is 4.06. The quantitative estimate of drug-likeness (QED) is 0.552. The van der Waals surface area contributed by atoms with Crippen LogP contribution in [0.1, 0.15) is 32.1 Å². The van der Waals surface area contributed by atoms with E-state index in [-0.39, 0.29) is 0 Å². The smallest absolute Gasteiger partial charge is 0.0513 e. The normalized spacial score (nSPS) is 22.5. The molecule has 0 aliphatic heterocycles. The maximum Gasteiger partial charge on any atom is 0.0513 e. The summed E-state index contributed by atoms with van der Waals surface area (Å²) in [6.07, 6.45) is 6.07. The number of aliphatic carboxylic acids is 1. The van der Waals surface area contributed by atoms with Crippen molar-refractivity contribution < 1.29 is 9.90 Å². The molecular formula is C9H13O2-. The lowest BCUT2D eigenvalue weighted by Crippen LogP contribution is -2.42. The highest BCUT2D eigenvalue weighted by Crippen LogP contribution is 2.36. The zero-order valence-corrected chi connectivity index (χ0v) is 6.64. The Hall–Kier alpha value is -0.790. The largest absolute Gasteiger partial charge is 0.549 e. The molecule has 0 atom stereocenters. The number of rotatable bonds is 2. The zero-order chi connectivity index (χ0) is 8.32. The van der Waals surface area contributed by atoms with Crippen LogP contribution in [0, 0.1) is 5.41 Å². The summed E-state index contributed by atoms with van der Waals surface area (Å²) in [6, 6.07) is 0. The molecule has 0 heterocycles. The van der Waals surface area contributed by atoms with E-state index in [4.69, 9.17) is 0 Å². The lowest BCUT2D eigenvalue weighted by molar-refractivity contribution is -0.317. The van der Waals surface area contributed by atoms with Crippen LogP contribution in [0.15, 0.2) is 12.7 Å². The first kappa shape index (κ1) is 8.31. The Morgan fingerprint density at radius 1 is 1.36 bits per heavy atom. The fourth-order valence-corrected chi connectivity index (χ4v) is 1.67. The summed E-state index contributed by atoms with van der Waals surface area (Å²) in [5, 5.41) is 10.7. The maximum absolute atomic E-state index is 10.7. The molecular weight excluding hydrogens is 140 g/mol. The minimum absolute atomic E-state index is 0.707. The second kappa shape index (κ2) is 3.07. The molecule has 1 rings (SSSR count). The van der Waals surface area contributed by atoms with Gasteiger partial charge in [0, 0.05) is 5.41 Å². The van der Waals surface area contributed by atoms with E-state index in [0.717, 1.165) is 19.3 Å². The standard InChI is InChI=1S/C9H14O2/c1-2-9(8(10)11)6-4-3-5-7-9/h2H,1,3-7H2,(H,10,11)/p-1. The van der Waals surface area contributed by atoms with Gasteiger partial charge in [-0.2, -0.15) is 0 Å². The van der Waals surface area contributed by atoms with Crippen molar-refractivity contribution in [2.75, 3.05) is 0 Å². The van der Waals surface area contributed by atoms with Gasteiger partial charge in [0.05, 0.1) is 5.97 Å². The Kier molecular flexibility index (Phi) is 2.32. The van der Waals surface area contributed by atoms with Gasteiger partial charge in [0.25, 0.3) is 0 Å². The van der Waals surface area contributed by atoms with Gasteiger partial charge < -0.3 is 9.90 Å². The highest BCUT2D eigenvalue weighted by molar-refractivity contribution is 5.74. The number of carboxylic acid groups (broad SMARTS) is 1. The first-order chi connectivity index (χ1) is 5.21. The van der Waals surface area contributed by atoms with Crippen molar-refractivity contribution in [3.05, 3.63) is 12.7 Å². The van der Waals surface area contributed by atoms with Gasteiger partial charge in [0.1, 0.15) is 0 Å². The number of hydrogen-bond donors (Lipinski definition) is 0. The van der Waals surface area contributed by atoms with E-state index in [1.807, 2.05) is 0 Å². The van der Waals surface area contributed by atoms with Crippen molar-refractivity contribution in [2.24, 2.45) is 5.41 Å². The molecule has 0 N–H and O–H groups in total. The van der Waals surface area contributed by atoms with Crippen molar-refractivity contribution in [1.29, 1.82) is 0 Å². The molecule has 62 valence electrons. The second-order valence-corrected chi connectivity index (χ2v) is 3.21. The van der Waals surface area contributed by atoms with Crippen LogP contribution >= 0.6 is 0 Å². The van der Waals surface area contributed by atoms with Crippen molar-refractivity contribution >= 4 is 5.97 Å². The Labute approximate surface area is 66.9 Å². The molecule has 0 radical (unpaired) electrons. The van der Waals surface area contributed by atoms with E-state index in [9.17, 15) is 9.90 Å².